The molecule has 0 spiro atoms. The van der Waals surface area contributed by atoms with E-state index in [4.69, 9.17) is 9.15 Å². The fourth-order valence-electron chi connectivity index (χ4n) is 2.57. The maximum absolute atomic E-state index is 12.4. The van der Waals surface area contributed by atoms with Gasteiger partial charge < -0.3 is 14.3 Å². The maximum Gasteiger partial charge on any atom is 0.193 e. The minimum Gasteiger partial charge on any atom is -0.504 e. The number of aromatic hydroxyl groups is 1. The fraction of sp³-hybridized carbons (Fsp3) is 0.250. The third kappa shape index (κ3) is 3.43. The molecule has 0 aliphatic heterocycles. The number of phenols is 1. The van der Waals surface area contributed by atoms with Crippen LogP contribution in [0.1, 0.15) is 26.2 Å². The number of benzene rings is 2. The van der Waals surface area contributed by atoms with Gasteiger partial charge in [0.05, 0.1) is 12.0 Å². The molecule has 4 heteroatoms. The number of rotatable bonds is 6. The van der Waals surface area contributed by atoms with E-state index in [0.29, 0.717) is 29.1 Å². The van der Waals surface area contributed by atoms with Crippen molar-refractivity contribution in [2.45, 2.75) is 26.2 Å². The van der Waals surface area contributed by atoms with Crippen LogP contribution in [-0.2, 0) is 0 Å². The van der Waals surface area contributed by atoms with Crippen LogP contribution in [0.5, 0.6) is 11.5 Å². The standard InChI is InChI=1S/C20H20O4/c1-2-3-7-10-23-20-11-15-16(21)12-18(14-8-5-4-6-9-14)24-19(15)13-17(20)22/h4-6,8-9,11-13,22H,2-3,7,10H2,1H3. The first-order valence-corrected chi connectivity index (χ1v) is 8.18. The van der Waals surface area contributed by atoms with Gasteiger partial charge in [0.15, 0.2) is 16.9 Å². The van der Waals surface area contributed by atoms with Gasteiger partial charge in [-0.05, 0) is 12.5 Å². The molecule has 0 atom stereocenters. The van der Waals surface area contributed by atoms with E-state index in [2.05, 4.69) is 6.92 Å². The minimum absolute atomic E-state index is 0.0210. The molecular weight excluding hydrogens is 304 g/mol. The van der Waals surface area contributed by atoms with Crippen molar-refractivity contribution >= 4 is 11.0 Å². The normalized spacial score (nSPS) is 10.9. The molecule has 0 bridgehead atoms. The van der Waals surface area contributed by atoms with Crippen molar-refractivity contribution in [1.29, 1.82) is 0 Å². The molecule has 124 valence electrons. The molecule has 0 fully saturated rings. The summed E-state index contributed by atoms with van der Waals surface area (Å²) in [6, 6.07) is 13.9. The van der Waals surface area contributed by atoms with Crippen LogP contribution < -0.4 is 10.2 Å². The number of phenolic OH excluding ortho intramolecular Hbond substituents is 1. The zero-order valence-electron chi connectivity index (χ0n) is 13.6. The summed E-state index contributed by atoms with van der Waals surface area (Å²) in [5.74, 6) is 0.773. The average molecular weight is 324 g/mol. The van der Waals surface area contributed by atoms with Crippen LogP contribution in [0.3, 0.4) is 0 Å². The summed E-state index contributed by atoms with van der Waals surface area (Å²) in [4.78, 5) is 12.4. The molecule has 1 aromatic heterocycles. The Labute approximate surface area is 140 Å². The van der Waals surface area contributed by atoms with E-state index in [1.165, 1.54) is 12.1 Å². The minimum atomic E-state index is -0.159. The van der Waals surface area contributed by atoms with Gasteiger partial charge in [-0.3, -0.25) is 4.79 Å². The van der Waals surface area contributed by atoms with E-state index >= 15 is 0 Å². The Balaban J connectivity index is 1.96. The Morgan fingerprint density at radius 2 is 1.88 bits per heavy atom. The fourth-order valence-corrected chi connectivity index (χ4v) is 2.57. The van der Waals surface area contributed by atoms with Crippen molar-refractivity contribution in [1.82, 2.24) is 0 Å². The molecule has 3 rings (SSSR count). The summed E-state index contributed by atoms with van der Waals surface area (Å²) < 4.78 is 11.4. The second-order valence-corrected chi connectivity index (χ2v) is 5.71. The Bertz CT molecular complexity index is 881. The SMILES string of the molecule is CCCCCOc1cc2c(=O)cc(-c3ccccc3)oc2cc1O. The molecule has 0 saturated carbocycles. The summed E-state index contributed by atoms with van der Waals surface area (Å²) in [6.45, 7) is 2.63. The van der Waals surface area contributed by atoms with Gasteiger partial charge in [0.1, 0.15) is 11.3 Å². The lowest BCUT2D eigenvalue weighted by Crippen LogP contribution is -2.02. The Kier molecular flexibility index (Phi) is 4.85. The first-order valence-electron chi connectivity index (χ1n) is 8.18. The van der Waals surface area contributed by atoms with E-state index in [9.17, 15) is 9.90 Å². The molecule has 0 amide bonds. The van der Waals surface area contributed by atoms with Crippen molar-refractivity contribution in [2.75, 3.05) is 6.61 Å². The van der Waals surface area contributed by atoms with Crippen LogP contribution >= 0.6 is 0 Å². The summed E-state index contributed by atoms with van der Waals surface area (Å²) in [7, 11) is 0. The molecule has 0 unspecified atom stereocenters. The maximum atomic E-state index is 12.4. The van der Waals surface area contributed by atoms with Gasteiger partial charge in [0, 0.05) is 17.7 Å². The van der Waals surface area contributed by atoms with Crippen LogP contribution in [-0.4, -0.2) is 11.7 Å². The molecule has 24 heavy (non-hydrogen) atoms. The van der Waals surface area contributed by atoms with Gasteiger partial charge in [-0.15, -0.1) is 0 Å². The lowest BCUT2D eigenvalue weighted by atomic mass is 10.1. The highest BCUT2D eigenvalue weighted by molar-refractivity contribution is 5.82. The zero-order chi connectivity index (χ0) is 16.9. The molecular formula is C20H20O4. The third-order valence-electron chi connectivity index (χ3n) is 3.87. The largest absolute Gasteiger partial charge is 0.504 e. The van der Waals surface area contributed by atoms with Crippen LogP contribution in [0.25, 0.3) is 22.3 Å². The van der Waals surface area contributed by atoms with Crippen molar-refractivity contribution in [3.8, 4) is 22.8 Å². The van der Waals surface area contributed by atoms with E-state index < -0.39 is 0 Å². The van der Waals surface area contributed by atoms with Crippen LogP contribution in [0.15, 0.2) is 57.7 Å². The van der Waals surface area contributed by atoms with Crippen LogP contribution in [0, 0.1) is 0 Å². The molecule has 2 aromatic carbocycles. The van der Waals surface area contributed by atoms with Gasteiger partial charge in [0.2, 0.25) is 0 Å². The Hall–Kier alpha value is -2.75. The highest BCUT2D eigenvalue weighted by atomic mass is 16.5. The summed E-state index contributed by atoms with van der Waals surface area (Å²) in [6.07, 6.45) is 3.07. The van der Waals surface area contributed by atoms with Crippen LogP contribution in [0.4, 0.5) is 0 Å². The van der Waals surface area contributed by atoms with Crippen molar-refractivity contribution in [3.05, 3.63) is 58.8 Å². The third-order valence-corrected chi connectivity index (χ3v) is 3.87. The van der Waals surface area contributed by atoms with Gasteiger partial charge in [-0.25, -0.2) is 0 Å². The number of hydrogen-bond acceptors (Lipinski definition) is 4. The molecule has 3 aromatic rings. The lowest BCUT2D eigenvalue weighted by Gasteiger charge is -2.09. The summed E-state index contributed by atoms with van der Waals surface area (Å²) >= 11 is 0. The molecule has 0 aliphatic rings. The second-order valence-electron chi connectivity index (χ2n) is 5.71. The van der Waals surface area contributed by atoms with Gasteiger partial charge in [0.25, 0.3) is 0 Å². The van der Waals surface area contributed by atoms with Gasteiger partial charge >= 0.3 is 0 Å². The number of ether oxygens (including phenoxy) is 1. The van der Waals surface area contributed by atoms with Gasteiger partial charge in [-0.1, -0.05) is 50.1 Å². The predicted molar refractivity (Wildman–Crippen MR) is 94.6 cm³/mol. The topological polar surface area (TPSA) is 59.7 Å². The second kappa shape index (κ2) is 7.21. The molecule has 1 heterocycles. The van der Waals surface area contributed by atoms with Crippen molar-refractivity contribution in [3.63, 3.8) is 0 Å². The van der Waals surface area contributed by atoms with E-state index in [1.807, 2.05) is 30.3 Å². The van der Waals surface area contributed by atoms with E-state index in [0.717, 1.165) is 24.8 Å². The highest BCUT2D eigenvalue weighted by Gasteiger charge is 2.12. The summed E-state index contributed by atoms with van der Waals surface area (Å²) in [5.41, 5.74) is 1.00. The summed E-state index contributed by atoms with van der Waals surface area (Å²) in [5, 5.41) is 10.5. The van der Waals surface area contributed by atoms with Crippen molar-refractivity contribution in [2.24, 2.45) is 0 Å². The van der Waals surface area contributed by atoms with E-state index in [-0.39, 0.29) is 11.2 Å². The zero-order valence-corrected chi connectivity index (χ0v) is 13.6. The number of fused-ring (bicyclic) bond motifs is 1. The lowest BCUT2D eigenvalue weighted by molar-refractivity contribution is 0.290. The smallest absolute Gasteiger partial charge is 0.193 e. The molecule has 0 radical (unpaired) electrons. The first kappa shape index (κ1) is 16.1. The molecule has 0 saturated heterocycles. The van der Waals surface area contributed by atoms with Crippen LogP contribution in [0.2, 0.25) is 0 Å². The quantitative estimate of drug-likeness (QED) is 0.666. The van der Waals surface area contributed by atoms with Gasteiger partial charge in [-0.2, -0.15) is 0 Å². The van der Waals surface area contributed by atoms with Crippen molar-refractivity contribution < 1.29 is 14.3 Å². The number of unbranched alkanes of at least 4 members (excludes halogenated alkanes) is 2. The molecule has 4 nitrogen and oxygen atoms in total. The van der Waals surface area contributed by atoms with E-state index in [1.54, 1.807) is 6.07 Å². The average Bonchev–Trinajstić information content (AvgIpc) is 2.60. The first-order chi connectivity index (χ1) is 11.7. The number of hydrogen-bond donors (Lipinski definition) is 1. The monoisotopic (exact) mass is 324 g/mol. The molecule has 0 aliphatic carbocycles. The predicted octanol–water partition coefficient (Wildman–Crippen LogP) is 4.73. The highest BCUT2D eigenvalue weighted by Crippen LogP contribution is 2.32. The Morgan fingerprint density at radius 1 is 1.08 bits per heavy atom. The Morgan fingerprint density at radius 3 is 2.62 bits per heavy atom. The molecule has 1 N–H and O–H groups in total.